The summed E-state index contributed by atoms with van der Waals surface area (Å²) in [5, 5.41) is 4.00. The zero-order valence-corrected chi connectivity index (χ0v) is 14.0. The molecule has 1 amide bonds. The zero-order valence-electron chi connectivity index (χ0n) is 13.2. The molecule has 0 spiro atoms. The summed E-state index contributed by atoms with van der Waals surface area (Å²) in [6, 6.07) is 7.21. The van der Waals surface area contributed by atoms with E-state index in [9.17, 15) is 26.7 Å². The zero-order chi connectivity index (χ0) is 19.6. The van der Waals surface area contributed by atoms with Crippen LogP contribution in [0.1, 0.15) is 10.4 Å². The first-order valence-corrected chi connectivity index (χ1v) is 8.17. The number of benzene rings is 2. The van der Waals surface area contributed by atoms with Gasteiger partial charge in [0, 0.05) is 16.5 Å². The molecule has 3 rings (SSSR count). The highest BCUT2D eigenvalue weighted by atomic mass is 32.1. The second-order valence-electron chi connectivity index (χ2n) is 5.19. The summed E-state index contributed by atoms with van der Waals surface area (Å²) in [5.41, 5.74) is 0.153. The third-order valence-corrected chi connectivity index (χ3v) is 4.04. The van der Waals surface area contributed by atoms with Crippen molar-refractivity contribution in [3.63, 3.8) is 0 Å². The first kappa shape index (κ1) is 18.8. The second kappa shape index (κ2) is 7.31. The molecule has 3 aromatic rings. The Morgan fingerprint density at radius 3 is 2.44 bits per heavy atom. The van der Waals surface area contributed by atoms with Gasteiger partial charge in [-0.25, -0.2) is 13.8 Å². The van der Waals surface area contributed by atoms with E-state index in [-0.39, 0.29) is 22.0 Å². The molecule has 0 atom stereocenters. The van der Waals surface area contributed by atoms with E-state index in [1.807, 2.05) is 0 Å². The fraction of sp³-hybridized carbons (Fsp3) is 0.0588. The van der Waals surface area contributed by atoms with E-state index in [2.05, 4.69) is 15.0 Å². The number of rotatable bonds is 4. The number of nitrogens with zero attached hydrogens (tertiary/aromatic N) is 1. The maximum atomic E-state index is 13.8. The molecular formula is C17H9F5N2O2S. The van der Waals surface area contributed by atoms with Gasteiger partial charge in [0.25, 0.3) is 5.91 Å². The quantitative estimate of drug-likeness (QED) is 0.610. The van der Waals surface area contributed by atoms with Gasteiger partial charge in [0.2, 0.25) is 0 Å². The van der Waals surface area contributed by atoms with Gasteiger partial charge >= 0.3 is 6.36 Å². The largest absolute Gasteiger partial charge is 0.573 e. The van der Waals surface area contributed by atoms with Gasteiger partial charge in [0.05, 0.1) is 5.69 Å². The van der Waals surface area contributed by atoms with Gasteiger partial charge in [-0.3, -0.25) is 10.1 Å². The maximum Gasteiger partial charge on any atom is 0.573 e. The molecule has 0 aliphatic heterocycles. The highest BCUT2D eigenvalue weighted by Crippen LogP contribution is 2.28. The molecule has 0 saturated heterocycles. The van der Waals surface area contributed by atoms with E-state index in [4.69, 9.17) is 0 Å². The van der Waals surface area contributed by atoms with Crippen molar-refractivity contribution < 1.29 is 31.5 Å². The van der Waals surface area contributed by atoms with Crippen molar-refractivity contribution in [3.8, 4) is 17.0 Å². The van der Waals surface area contributed by atoms with Crippen LogP contribution in [0.4, 0.5) is 27.1 Å². The molecule has 2 aromatic carbocycles. The fourth-order valence-electron chi connectivity index (χ4n) is 2.13. The lowest BCUT2D eigenvalue weighted by Gasteiger charge is -2.09. The number of anilines is 1. The van der Waals surface area contributed by atoms with Crippen LogP contribution >= 0.6 is 11.3 Å². The number of ether oxygens (including phenoxy) is 1. The molecule has 0 aliphatic rings. The summed E-state index contributed by atoms with van der Waals surface area (Å²) in [4.78, 5) is 16.2. The summed E-state index contributed by atoms with van der Waals surface area (Å²) in [5.74, 6) is -2.39. The minimum atomic E-state index is -4.83. The Bertz CT molecular complexity index is 970. The number of hydrogen-bond donors (Lipinski definition) is 1. The predicted molar refractivity (Wildman–Crippen MR) is 88.5 cm³/mol. The molecule has 0 fully saturated rings. The van der Waals surface area contributed by atoms with Gasteiger partial charge in [-0.05, 0) is 42.5 Å². The third kappa shape index (κ3) is 4.79. The van der Waals surface area contributed by atoms with Crippen LogP contribution < -0.4 is 10.1 Å². The van der Waals surface area contributed by atoms with E-state index in [1.165, 1.54) is 5.38 Å². The number of thiazole rings is 1. The first-order chi connectivity index (χ1) is 12.7. The summed E-state index contributed by atoms with van der Waals surface area (Å²) in [6.45, 7) is 0. The van der Waals surface area contributed by atoms with Crippen molar-refractivity contribution >= 4 is 22.4 Å². The Kier molecular flexibility index (Phi) is 5.08. The van der Waals surface area contributed by atoms with E-state index >= 15 is 0 Å². The fourth-order valence-corrected chi connectivity index (χ4v) is 2.83. The standard InChI is InChI=1S/C17H9F5N2O2S/c18-10-3-6-13(19)12(7-10)14-8-27-16(23-14)24-15(25)9-1-4-11(5-2-9)26-17(20,21)22/h1-8H,(H,23,24,25). The number of halogens is 5. The van der Waals surface area contributed by atoms with Gasteiger partial charge in [-0.2, -0.15) is 0 Å². The lowest BCUT2D eigenvalue weighted by molar-refractivity contribution is -0.274. The Hall–Kier alpha value is -3.01. The number of carbonyl (C=O) groups is 1. The highest BCUT2D eigenvalue weighted by molar-refractivity contribution is 7.14. The molecule has 27 heavy (non-hydrogen) atoms. The van der Waals surface area contributed by atoms with Gasteiger partial charge in [0.15, 0.2) is 5.13 Å². The SMILES string of the molecule is O=C(Nc1nc(-c2cc(F)ccc2F)cs1)c1ccc(OC(F)(F)F)cc1. The van der Waals surface area contributed by atoms with Crippen molar-refractivity contribution in [3.05, 3.63) is 65.0 Å². The number of amides is 1. The van der Waals surface area contributed by atoms with Gasteiger partial charge in [0.1, 0.15) is 17.4 Å². The topological polar surface area (TPSA) is 51.2 Å². The van der Waals surface area contributed by atoms with Crippen LogP contribution in [0.25, 0.3) is 11.3 Å². The van der Waals surface area contributed by atoms with Crippen molar-refractivity contribution in [2.75, 3.05) is 5.32 Å². The Morgan fingerprint density at radius 1 is 1.07 bits per heavy atom. The molecule has 10 heteroatoms. The molecule has 0 bridgehead atoms. The molecule has 1 aromatic heterocycles. The lowest BCUT2D eigenvalue weighted by Crippen LogP contribution is -2.17. The highest BCUT2D eigenvalue weighted by Gasteiger charge is 2.31. The number of aromatic nitrogens is 1. The van der Waals surface area contributed by atoms with Gasteiger partial charge < -0.3 is 4.74 Å². The minimum Gasteiger partial charge on any atom is -0.406 e. The smallest absolute Gasteiger partial charge is 0.406 e. The molecule has 0 aliphatic carbocycles. The number of carbonyl (C=O) groups excluding carboxylic acids is 1. The van der Waals surface area contributed by atoms with E-state index < -0.39 is 29.7 Å². The van der Waals surface area contributed by atoms with Crippen LogP contribution in [0.2, 0.25) is 0 Å². The summed E-state index contributed by atoms with van der Waals surface area (Å²) in [7, 11) is 0. The maximum absolute atomic E-state index is 13.8. The average Bonchev–Trinajstić information content (AvgIpc) is 3.04. The Labute approximate surface area is 153 Å². The molecule has 4 nitrogen and oxygen atoms in total. The van der Waals surface area contributed by atoms with E-state index in [1.54, 1.807) is 0 Å². The third-order valence-electron chi connectivity index (χ3n) is 3.28. The molecule has 0 radical (unpaired) electrons. The van der Waals surface area contributed by atoms with E-state index in [0.29, 0.717) is 0 Å². The first-order valence-electron chi connectivity index (χ1n) is 7.29. The van der Waals surface area contributed by atoms with Crippen molar-refractivity contribution in [2.45, 2.75) is 6.36 Å². The van der Waals surface area contributed by atoms with Gasteiger partial charge in [-0.1, -0.05) is 0 Å². The second-order valence-corrected chi connectivity index (χ2v) is 6.05. The Balaban J connectivity index is 1.72. The number of hydrogen-bond acceptors (Lipinski definition) is 4. The lowest BCUT2D eigenvalue weighted by atomic mass is 10.1. The minimum absolute atomic E-state index is 0.0552. The van der Waals surface area contributed by atoms with Crippen LogP contribution in [-0.2, 0) is 0 Å². The van der Waals surface area contributed by atoms with Crippen LogP contribution in [0, 0.1) is 11.6 Å². The molecule has 1 heterocycles. The molecule has 0 unspecified atom stereocenters. The van der Waals surface area contributed by atoms with Crippen molar-refractivity contribution in [2.24, 2.45) is 0 Å². The molecular weight excluding hydrogens is 391 g/mol. The van der Waals surface area contributed by atoms with E-state index in [0.717, 1.165) is 53.8 Å². The average molecular weight is 400 g/mol. The summed E-state index contributed by atoms with van der Waals surface area (Å²) in [6.07, 6.45) is -4.83. The number of alkyl halides is 3. The number of nitrogens with one attached hydrogen (secondary N) is 1. The van der Waals surface area contributed by atoms with Crippen LogP contribution in [-0.4, -0.2) is 17.3 Å². The van der Waals surface area contributed by atoms with Crippen molar-refractivity contribution in [1.82, 2.24) is 4.98 Å². The Morgan fingerprint density at radius 2 is 1.78 bits per heavy atom. The van der Waals surface area contributed by atoms with Crippen LogP contribution in [0.3, 0.4) is 0 Å². The molecule has 0 saturated carbocycles. The monoisotopic (exact) mass is 400 g/mol. The van der Waals surface area contributed by atoms with Gasteiger partial charge in [-0.15, -0.1) is 24.5 Å². The molecule has 1 N–H and O–H groups in total. The molecule has 140 valence electrons. The van der Waals surface area contributed by atoms with Crippen molar-refractivity contribution in [1.29, 1.82) is 0 Å². The van der Waals surface area contributed by atoms with Crippen LogP contribution in [0.15, 0.2) is 47.8 Å². The normalized spacial score (nSPS) is 11.3. The summed E-state index contributed by atoms with van der Waals surface area (Å²) < 4.78 is 67.1. The predicted octanol–water partition coefficient (Wildman–Crippen LogP) is 5.24. The van der Waals surface area contributed by atoms with Crippen LogP contribution in [0.5, 0.6) is 5.75 Å². The summed E-state index contributed by atoms with van der Waals surface area (Å²) >= 11 is 0.987.